The van der Waals surface area contributed by atoms with E-state index in [1.54, 1.807) is 0 Å². The second kappa shape index (κ2) is 5.99. The largest absolute Gasteiger partial charge is 0.381 e. The molecule has 0 unspecified atom stereocenters. The summed E-state index contributed by atoms with van der Waals surface area (Å²) in [6, 6.07) is 0. The normalized spacial score (nSPS) is 27.6. The van der Waals surface area contributed by atoms with Gasteiger partial charge in [0.2, 0.25) is 0 Å². The molecule has 1 heterocycles. The van der Waals surface area contributed by atoms with Crippen LogP contribution >= 0.6 is 0 Å². The summed E-state index contributed by atoms with van der Waals surface area (Å²) in [6.07, 6.45) is 10.2. The fourth-order valence-corrected chi connectivity index (χ4v) is 2.83. The lowest BCUT2D eigenvalue weighted by Crippen LogP contribution is -2.47. The zero-order chi connectivity index (χ0) is 11.3. The Bertz CT molecular complexity index is 194. The van der Waals surface area contributed by atoms with E-state index in [1.165, 1.54) is 38.5 Å². The smallest absolute Gasteiger partial charge is 0.0851 e. The molecule has 0 bridgehead atoms. The second-order valence-corrected chi connectivity index (χ2v) is 5.23. The molecule has 1 aliphatic heterocycles. The van der Waals surface area contributed by atoms with Gasteiger partial charge >= 0.3 is 0 Å². The standard InChI is InChI=1S/C13H25NO2/c14-11-13(7-9-15-10-8-13)16-12-5-3-1-2-4-6-12/h12H,1-11,14H2. The lowest BCUT2D eigenvalue weighted by atomic mass is 9.93. The van der Waals surface area contributed by atoms with Crippen LogP contribution in [0.2, 0.25) is 0 Å². The van der Waals surface area contributed by atoms with E-state index in [-0.39, 0.29) is 5.60 Å². The Hall–Kier alpha value is -0.120. The molecule has 0 aromatic rings. The molecule has 1 aliphatic carbocycles. The summed E-state index contributed by atoms with van der Waals surface area (Å²) in [6.45, 7) is 2.26. The van der Waals surface area contributed by atoms with Crippen molar-refractivity contribution in [2.24, 2.45) is 5.73 Å². The molecule has 94 valence electrons. The SMILES string of the molecule is NCC1(OC2CCCCCC2)CCOCC1. The Balaban J connectivity index is 1.88. The first-order valence-electron chi connectivity index (χ1n) is 6.80. The molecule has 1 saturated carbocycles. The predicted molar refractivity (Wildman–Crippen MR) is 64.4 cm³/mol. The molecule has 0 aromatic carbocycles. The average molecular weight is 227 g/mol. The molecule has 0 amide bonds. The lowest BCUT2D eigenvalue weighted by Gasteiger charge is -2.39. The first kappa shape index (κ1) is 12.3. The molecular formula is C13H25NO2. The predicted octanol–water partition coefficient (Wildman–Crippen LogP) is 2.23. The summed E-state index contributed by atoms with van der Waals surface area (Å²) in [5.74, 6) is 0. The molecule has 2 aliphatic rings. The van der Waals surface area contributed by atoms with Gasteiger partial charge in [0.05, 0.1) is 11.7 Å². The summed E-state index contributed by atoms with van der Waals surface area (Å²) >= 11 is 0. The fourth-order valence-electron chi connectivity index (χ4n) is 2.83. The van der Waals surface area contributed by atoms with Gasteiger partial charge in [0.25, 0.3) is 0 Å². The van der Waals surface area contributed by atoms with Crippen LogP contribution < -0.4 is 5.73 Å². The average Bonchev–Trinajstić information content (AvgIpc) is 2.59. The molecular weight excluding hydrogens is 202 g/mol. The quantitative estimate of drug-likeness (QED) is 0.752. The number of rotatable bonds is 3. The highest BCUT2D eigenvalue weighted by Crippen LogP contribution is 2.30. The topological polar surface area (TPSA) is 44.5 Å². The Morgan fingerprint density at radius 1 is 1.06 bits per heavy atom. The van der Waals surface area contributed by atoms with Crippen molar-refractivity contribution in [1.29, 1.82) is 0 Å². The van der Waals surface area contributed by atoms with Crippen LogP contribution in [0.15, 0.2) is 0 Å². The second-order valence-electron chi connectivity index (χ2n) is 5.23. The Labute approximate surface area is 98.7 Å². The van der Waals surface area contributed by atoms with Gasteiger partial charge in [-0.15, -0.1) is 0 Å². The lowest BCUT2D eigenvalue weighted by molar-refractivity contribution is -0.140. The van der Waals surface area contributed by atoms with Crippen molar-refractivity contribution in [3.8, 4) is 0 Å². The third kappa shape index (κ3) is 3.19. The summed E-state index contributed by atoms with van der Waals surface area (Å²) < 4.78 is 11.7. The van der Waals surface area contributed by atoms with Crippen LogP contribution in [0, 0.1) is 0 Å². The van der Waals surface area contributed by atoms with Crippen molar-refractivity contribution in [2.75, 3.05) is 19.8 Å². The molecule has 3 heteroatoms. The Morgan fingerprint density at radius 2 is 1.69 bits per heavy atom. The number of ether oxygens (including phenoxy) is 2. The van der Waals surface area contributed by atoms with Crippen LogP contribution in [0.4, 0.5) is 0 Å². The zero-order valence-electron chi connectivity index (χ0n) is 10.2. The van der Waals surface area contributed by atoms with Crippen molar-refractivity contribution in [3.63, 3.8) is 0 Å². The number of hydrogen-bond acceptors (Lipinski definition) is 3. The third-order valence-corrected chi connectivity index (χ3v) is 3.99. The summed E-state index contributed by atoms with van der Waals surface area (Å²) in [7, 11) is 0. The molecule has 2 rings (SSSR count). The highest BCUT2D eigenvalue weighted by molar-refractivity contribution is 4.86. The van der Waals surface area contributed by atoms with Crippen LogP contribution in [0.25, 0.3) is 0 Å². The van der Waals surface area contributed by atoms with Crippen LogP contribution in [0.5, 0.6) is 0 Å². The van der Waals surface area contributed by atoms with Crippen molar-refractivity contribution in [1.82, 2.24) is 0 Å². The Kier molecular flexibility index (Phi) is 4.62. The molecule has 0 radical (unpaired) electrons. The van der Waals surface area contributed by atoms with E-state index in [0.29, 0.717) is 12.6 Å². The van der Waals surface area contributed by atoms with Crippen LogP contribution in [0.1, 0.15) is 51.4 Å². The fraction of sp³-hybridized carbons (Fsp3) is 1.00. The summed E-state index contributed by atoms with van der Waals surface area (Å²) in [5, 5.41) is 0. The maximum Gasteiger partial charge on any atom is 0.0851 e. The maximum absolute atomic E-state index is 6.34. The third-order valence-electron chi connectivity index (χ3n) is 3.99. The number of hydrogen-bond donors (Lipinski definition) is 1. The van der Waals surface area contributed by atoms with E-state index in [9.17, 15) is 0 Å². The molecule has 2 fully saturated rings. The van der Waals surface area contributed by atoms with Crippen molar-refractivity contribution in [3.05, 3.63) is 0 Å². The zero-order valence-corrected chi connectivity index (χ0v) is 10.2. The minimum atomic E-state index is -0.0761. The summed E-state index contributed by atoms with van der Waals surface area (Å²) in [5.41, 5.74) is 5.84. The minimum absolute atomic E-state index is 0.0761. The van der Waals surface area contributed by atoms with E-state index < -0.39 is 0 Å². The van der Waals surface area contributed by atoms with Gasteiger partial charge in [-0.25, -0.2) is 0 Å². The van der Waals surface area contributed by atoms with Gasteiger partial charge < -0.3 is 15.2 Å². The molecule has 2 N–H and O–H groups in total. The van der Waals surface area contributed by atoms with Gasteiger partial charge in [-0.05, 0) is 12.8 Å². The molecule has 3 nitrogen and oxygen atoms in total. The van der Waals surface area contributed by atoms with Crippen LogP contribution in [-0.2, 0) is 9.47 Å². The van der Waals surface area contributed by atoms with E-state index in [2.05, 4.69) is 0 Å². The highest BCUT2D eigenvalue weighted by atomic mass is 16.5. The Morgan fingerprint density at radius 3 is 2.25 bits per heavy atom. The van der Waals surface area contributed by atoms with Crippen molar-refractivity contribution in [2.45, 2.75) is 63.1 Å². The van der Waals surface area contributed by atoms with Gasteiger partial charge in [-0.2, -0.15) is 0 Å². The van der Waals surface area contributed by atoms with Crippen molar-refractivity contribution >= 4 is 0 Å². The minimum Gasteiger partial charge on any atom is -0.381 e. The van der Waals surface area contributed by atoms with Crippen LogP contribution in [0.3, 0.4) is 0 Å². The summed E-state index contributed by atoms with van der Waals surface area (Å²) in [4.78, 5) is 0. The molecule has 0 aromatic heterocycles. The highest BCUT2D eigenvalue weighted by Gasteiger charge is 2.34. The molecule has 0 atom stereocenters. The first-order valence-corrected chi connectivity index (χ1v) is 6.80. The monoisotopic (exact) mass is 227 g/mol. The van der Waals surface area contributed by atoms with Gasteiger partial charge in [-0.3, -0.25) is 0 Å². The van der Waals surface area contributed by atoms with Gasteiger partial charge in [0, 0.05) is 32.6 Å². The van der Waals surface area contributed by atoms with E-state index in [1.807, 2.05) is 0 Å². The molecule has 0 spiro atoms. The first-order chi connectivity index (χ1) is 7.85. The van der Waals surface area contributed by atoms with Gasteiger partial charge in [0.15, 0.2) is 0 Å². The molecule has 16 heavy (non-hydrogen) atoms. The van der Waals surface area contributed by atoms with Crippen molar-refractivity contribution < 1.29 is 9.47 Å². The van der Waals surface area contributed by atoms with E-state index >= 15 is 0 Å². The molecule has 1 saturated heterocycles. The van der Waals surface area contributed by atoms with E-state index in [4.69, 9.17) is 15.2 Å². The van der Waals surface area contributed by atoms with Gasteiger partial charge in [-0.1, -0.05) is 25.7 Å². The van der Waals surface area contributed by atoms with E-state index in [0.717, 1.165) is 26.1 Å². The maximum atomic E-state index is 6.34. The van der Waals surface area contributed by atoms with Gasteiger partial charge in [0.1, 0.15) is 0 Å². The van der Waals surface area contributed by atoms with Crippen LogP contribution in [-0.4, -0.2) is 31.5 Å². The number of nitrogens with two attached hydrogens (primary N) is 1.